The number of nitrogens with zero attached hydrogens (tertiary/aromatic N) is 4. The minimum absolute atomic E-state index is 0.0474. The van der Waals surface area contributed by atoms with Gasteiger partial charge in [0.25, 0.3) is 0 Å². The van der Waals surface area contributed by atoms with Gasteiger partial charge in [-0.1, -0.05) is 12.1 Å². The normalized spacial score (nSPS) is 22.9. The van der Waals surface area contributed by atoms with Gasteiger partial charge in [-0.05, 0) is 38.3 Å². The number of rotatable bonds is 3. The highest BCUT2D eigenvalue weighted by molar-refractivity contribution is 5.41. The topological polar surface area (TPSA) is 76.7 Å². The third kappa shape index (κ3) is 2.31. The van der Waals surface area contributed by atoms with E-state index in [1.807, 2.05) is 6.92 Å². The molecule has 1 atom stereocenters. The van der Waals surface area contributed by atoms with E-state index in [-0.39, 0.29) is 5.41 Å². The molecule has 1 saturated heterocycles. The Labute approximate surface area is 118 Å². The van der Waals surface area contributed by atoms with E-state index in [1.54, 1.807) is 12.4 Å². The van der Waals surface area contributed by atoms with Crippen LogP contribution in [0.25, 0.3) is 11.6 Å². The van der Waals surface area contributed by atoms with Gasteiger partial charge in [0.1, 0.15) is 0 Å². The second kappa shape index (κ2) is 5.28. The summed E-state index contributed by atoms with van der Waals surface area (Å²) in [5.74, 6) is 1.69. The maximum absolute atomic E-state index is 5.50. The summed E-state index contributed by atoms with van der Waals surface area (Å²) >= 11 is 0. The molecule has 20 heavy (non-hydrogen) atoms. The van der Waals surface area contributed by atoms with E-state index in [9.17, 15) is 0 Å². The summed E-state index contributed by atoms with van der Waals surface area (Å²) in [5, 5.41) is 7.47. The van der Waals surface area contributed by atoms with E-state index >= 15 is 0 Å². The van der Waals surface area contributed by atoms with Crippen LogP contribution in [0.4, 0.5) is 0 Å². The highest BCUT2D eigenvalue weighted by atomic mass is 16.5. The zero-order chi connectivity index (χ0) is 14.0. The fourth-order valence-electron chi connectivity index (χ4n) is 2.64. The Morgan fingerprint density at radius 2 is 2.10 bits per heavy atom. The highest BCUT2D eigenvalue weighted by Gasteiger charge is 2.37. The molecule has 3 heterocycles. The standard InChI is InChI=1S/C14H19N5O/c1-3-14(5-4-6-15-9-14)13-18-12(19-20-13)11-16-7-10(2)8-17-11/h7-8,15H,3-6,9H2,1-2H3. The second-order valence-corrected chi connectivity index (χ2v) is 5.42. The van der Waals surface area contributed by atoms with Gasteiger partial charge in [0.05, 0.1) is 5.41 Å². The summed E-state index contributed by atoms with van der Waals surface area (Å²) in [6, 6.07) is 0. The molecule has 0 saturated carbocycles. The first-order valence-electron chi connectivity index (χ1n) is 7.07. The summed E-state index contributed by atoms with van der Waals surface area (Å²) < 4.78 is 5.50. The summed E-state index contributed by atoms with van der Waals surface area (Å²) in [5.41, 5.74) is 0.966. The smallest absolute Gasteiger partial charge is 0.240 e. The Kier molecular flexibility index (Phi) is 3.48. The molecule has 1 N–H and O–H groups in total. The van der Waals surface area contributed by atoms with Crippen LogP contribution in [-0.2, 0) is 5.41 Å². The SMILES string of the molecule is CCC1(c2nc(-c3ncc(C)cn3)no2)CCCNC1. The van der Waals surface area contributed by atoms with Gasteiger partial charge in [-0.2, -0.15) is 4.98 Å². The van der Waals surface area contributed by atoms with Crippen molar-refractivity contribution in [1.82, 2.24) is 25.4 Å². The Balaban J connectivity index is 1.91. The van der Waals surface area contributed by atoms with Crippen molar-refractivity contribution >= 4 is 0 Å². The van der Waals surface area contributed by atoms with Crippen molar-refractivity contribution in [2.75, 3.05) is 13.1 Å². The van der Waals surface area contributed by atoms with Gasteiger partial charge in [-0.3, -0.25) is 0 Å². The van der Waals surface area contributed by atoms with Crippen LogP contribution in [0.5, 0.6) is 0 Å². The fraction of sp³-hybridized carbons (Fsp3) is 0.571. The maximum atomic E-state index is 5.50. The van der Waals surface area contributed by atoms with Crippen molar-refractivity contribution in [3.05, 3.63) is 23.8 Å². The Morgan fingerprint density at radius 1 is 1.30 bits per heavy atom. The number of nitrogens with one attached hydrogen (secondary N) is 1. The van der Waals surface area contributed by atoms with Crippen LogP contribution in [0, 0.1) is 6.92 Å². The van der Waals surface area contributed by atoms with Crippen molar-refractivity contribution in [2.45, 2.75) is 38.5 Å². The molecule has 0 aliphatic carbocycles. The number of hydrogen-bond acceptors (Lipinski definition) is 6. The molecule has 0 amide bonds. The Bertz CT molecular complexity index is 572. The van der Waals surface area contributed by atoms with Crippen LogP contribution in [0.1, 0.15) is 37.6 Å². The van der Waals surface area contributed by atoms with E-state index in [1.165, 1.54) is 0 Å². The lowest BCUT2D eigenvalue weighted by Gasteiger charge is -2.33. The largest absolute Gasteiger partial charge is 0.338 e. The van der Waals surface area contributed by atoms with Crippen LogP contribution >= 0.6 is 0 Å². The van der Waals surface area contributed by atoms with E-state index in [0.29, 0.717) is 17.5 Å². The van der Waals surface area contributed by atoms with E-state index in [2.05, 4.69) is 32.3 Å². The van der Waals surface area contributed by atoms with Crippen molar-refractivity contribution in [1.29, 1.82) is 0 Å². The van der Waals surface area contributed by atoms with E-state index in [0.717, 1.165) is 37.9 Å². The van der Waals surface area contributed by atoms with Crippen LogP contribution in [-0.4, -0.2) is 33.2 Å². The fourth-order valence-corrected chi connectivity index (χ4v) is 2.64. The van der Waals surface area contributed by atoms with Crippen molar-refractivity contribution < 1.29 is 4.52 Å². The molecule has 1 unspecified atom stereocenters. The molecule has 1 fully saturated rings. The van der Waals surface area contributed by atoms with E-state index in [4.69, 9.17) is 4.52 Å². The van der Waals surface area contributed by atoms with Gasteiger partial charge in [0, 0.05) is 18.9 Å². The first-order chi connectivity index (χ1) is 9.73. The zero-order valence-electron chi connectivity index (χ0n) is 11.9. The van der Waals surface area contributed by atoms with Gasteiger partial charge < -0.3 is 9.84 Å². The molecule has 106 valence electrons. The average molecular weight is 273 g/mol. The second-order valence-electron chi connectivity index (χ2n) is 5.42. The van der Waals surface area contributed by atoms with Gasteiger partial charge in [-0.25, -0.2) is 9.97 Å². The minimum Gasteiger partial charge on any atom is -0.338 e. The summed E-state index contributed by atoms with van der Waals surface area (Å²) in [6.07, 6.45) is 6.71. The number of piperidine rings is 1. The van der Waals surface area contributed by atoms with E-state index < -0.39 is 0 Å². The van der Waals surface area contributed by atoms with Gasteiger partial charge in [-0.15, -0.1) is 0 Å². The minimum atomic E-state index is -0.0474. The molecule has 1 aliphatic rings. The summed E-state index contributed by atoms with van der Waals surface area (Å²) in [7, 11) is 0. The molecule has 0 aromatic carbocycles. The van der Waals surface area contributed by atoms with Gasteiger partial charge in [0.2, 0.25) is 17.5 Å². The molecule has 1 aliphatic heterocycles. The molecule has 0 radical (unpaired) electrons. The zero-order valence-corrected chi connectivity index (χ0v) is 11.9. The molecule has 2 aromatic heterocycles. The van der Waals surface area contributed by atoms with Crippen LogP contribution in [0.3, 0.4) is 0 Å². The molecule has 3 rings (SSSR count). The molecular weight excluding hydrogens is 254 g/mol. The first kappa shape index (κ1) is 13.2. The quantitative estimate of drug-likeness (QED) is 0.920. The predicted molar refractivity (Wildman–Crippen MR) is 74.1 cm³/mol. The Hall–Kier alpha value is -1.82. The third-order valence-electron chi connectivity index (χ3n) is 4.01. The van der Waals surface area contributed by atoms with Crippen LogP contribution in [0.15, 0.2) is 16.9 Å². The monoisotopic (exact) mass is 273 g/mol. The van der Waals surface area contributed by atoms with Crippen molar-refractivity contribution in [3.8, 4) is 11.6 Å². The third-order valence-corrected chi connectivity index (χ3v) is 4.01. The van der Waals surface area contributed by atoms with Crippen molar-refractivity contribution in [3.63, 3.8) is 0 Å². The van der Waals surface area contributed by atoms with Gasteiger partial charge in [0.15, 0.2) is 0 Å². The lowest BCUT2D eigenvalue weighted by atomic mass is 9.78. The lowest BCUT2D eigenvalue weighted by molar-refractivity contribution is 0.221. The molecule has 6 heteroatoms. The highest BCUT2D eigenvalue weighted by Crippen LogP contribution is 2.33. The van der Waals surface area contributed by atoms with Gasteiger partial charge >= 0.3 is 0 Å². The number of aryl methyl sites for hydroxylation is 1. The van der Waals surface area contributed by atoms with Crippen molar-refractivity contribution in [2.24, 2.45) is 0 Å². The molecule has 6 nitrogen and oxygen atoms in total. The average Bonchev–Trinajstić information content (AvgIpc) is 2.99. The number of aromatic nitrogens is 4. The summed E-state index contributed by atoms with van der Waals surface area (Å²) in [4.78, 5) is 13.0. The molecule has 0 spiro atoms. The molecular formula is C14H19N5O. The summed E-state index contributed by atoms with van der Waals surface area (Å²) in [6.45, 7) is 6.06. The molecule has 2 aromatic rings. The lowest BCUT2D eigenvalue weighted by Crippen LogP contribution is -2.43. The number of hydrogen-bond donors (Lipinski definition) is 1. The first-order valence-corrected chi connectivity index (χ1v) is 7.07. The maximum Gasteiger partial charge on any atom is 0.240 e. The Morgan fingerprint density at radius 3 is 2.75 bits per heavy atom. The van der Waals surface area contributed by atoms with Crippen LogP contribution in [0.2, 0.25) is 0 Å². The van der Waals surface area contributed by atoms with Crippen LogP contribution < -0.4 is 5.32 Å². The molecule has 0 bridgehead atoms. The predicted octanol–water partition coefficient (Wildman–Crippen LogP) is 1.87.